The van der Waals surface area contributed by atoms with Gasteiger partial charge in [-0.05, 0) is 53.8 Å². The van der Waals surface area contributed by atoms with E-state index in [1.807, 2.05) is 29.2 Å². The Kier molecular flexibility index (Phi) is 5.13. The Morgan fingerprint density at radius 2 is 1.75 bits per heavy atom. The van der Waals surface area contributed by atoms with Crippen LogP contribution in [0.15, 0.2) is 61.3 Å². The van der Waals surface area contributed by atoms with Gasteiger partial charge in [0.15, 0.2) is 0 Å². The summed E-state index contributed by atoms with van der Waals surface area (Å²) in [6.07, 6.45) is 8.47. The lowest BCUT2D eigenvalue weighted by Crippen LogP contribution is -2.42. The minimum absolute atomic E-state index is 0.0183. The summed E-state index contributed by atoms with van der Waals surface area (Å²) in [5, 5.41) is 10.0. The maximum atomic E-state index is 13.3. The van der Waals surface area contributed by atoms with Crippen molar-refractivity contribution in [2.75, 3.05) is 13.1 Å². The maximum Gasteiger partial charge on any atom is 0.256 e. The second kappa shape index (κ2) is 8.25. The normalized spacial score (nSPS) is 14.4. The van der Waals surface area contributed by atoms with E-state index in [0.717, 1.165) is 46.0 Å². The number of nitrogens with one attached hydrogen (secondary N) is 1. The van der Waals surface area contributed by atoms with Gasteiger partial charge in [-0.1, -0.05) is 12.1 Å². The Hall–Kier alpha value is -4.02. The Morgan fingerprint density at radius 1 is 1.06 bits per heavy atom. The summed E-state index contributed by atoms with van der Waals surface area (Å²) in [5.41, 5.74) is 11.9. The molecule has 0 spiro atoms. The number of H-pyrrole nitrogens is 1. The Bertz CT molecular complexity index is 1310. The predicted octanol–water partition coefficient (Wildman–Crippen LogP) is 3.73. The van der Waals surface area contributed by atoms with Crippen LogP contribution in [0.5, 0.6) is 0 Å². The fraction of sp³-hybridized carbons (Fsp3) is 0.200. The highest BCUT2D eigenvalue weighted by molar-refractivity contribution is 6.09. The molecule has 2 aromatic carbocycles. The van der Waals surface area contributed by atoms with Gasteiger partial charge in [-0.25, -0.2) is 9.97 Å². The van der Waals surface area contributed by atoms with E-state index in [4.69, 9.17) is 11.0 Å². The van der Waals surface area contributed by atoms with Gasteiger partial charge in [-0.3, -0.25) is 4.79 Å². The third-order valence-corrected chi connectivity index (χ3v) is 6.07. The van der Waals surface area contributed by atoms with E-state index in [1.54, 1.807) is 30.7 Å². The van der Waals surface area contributed by atoms with Crippen molar-refractivity contribution in [3.8, 4) is 28.3 Å². The summed E-state index contributed by atoms with van der Waals surface area (Å²) in [5.74, 6) is 0.0183. The molecule has 158 valence electrons. The van der Waals surface area contributed by atoms with Crippen molar-refractivity contribution in [3.63, 3.8) is 0 Å². The van der Waals surface area contributed by atoms with Crippen molar-refractivity contribution in [2.45, 2.75) is 18.9 Å². The van der Waals surface area contributed by atoms with Crippen molar-refractivity contribution in [2.24, 2.45) is 5.73 Å². The van der Waals surface area contributed by atoms with E-state index in [0.29, 0.717) is 24.2 Å². The maximum absolute atomic E-state index is 13.3. The smallest absolute Gasteiger partial charge is 0.256 e. The number of piperidine rings is 1. The topological polar surface area (TPSA) is 112 Å². The summed E-state index contributed by atoms with van der Waals surface area (Å²) in [4.78, 5) is 26.8. The van der Waals surface area contributed by atoms with Crippen molar-refractivity contribution >= 4 is 16.8 Å². The van der Waals surface area contributed by atoms with E-state index >= 15 is 0 Å². The van der Waals surface area contributed by atoms with Crippen LogP contribution in [-0.2, 0) is 0 Å². The van der Waals surface area contributed by atoms with Crippen molar-refractivity contribution in [1.29, 1.82) is 5.26 Å². The molecule has 0 unspecified atom stereocenters. The number of rotatable bonds is 3. The van der Waals surface area contributed by atoms with Gasteiger partial charge < -0.3 is 15.6 Å². The Balaban J connectivity index is 1.64. The van der Waals surface area contributed by atoms with Gasteiger partial charge in [-0.15, -0.1) is 0 Å². The van der Waals surface area contributed by atoms with Crippen LogP contribution in [0.2, 0.25) is 0 Å². The highest BCUT2D eigenvalue weighted by Crippen LogP contribution is 2.36. The molecule has 7 heteroatoms. The molecule has 3 N–H and O–H groups in total. The molecule has 1 fully saturated rings. The van der Waals surface area contributed by atoms with E-state index in [9.17, 15) is 4.79 Å². The molecule has 0 bridgehead atoms. The average molecular weight is 422 g/mol. The van der Waals surface area contributed by atoms with E-state index < -0.39 is 0 Å². The number of carbonyl (C=O) groups excluding carboxylic acids is 1. The molecule has 4 aromatic rings. The molecular formula is C25H22N6O. The zero-order chi connectivity index (χ0) is 22.1. The molecule has 2 aromatic heterocycles. The summed E-state index contributed by atoms with van der Waals surface area (Å²) in [6, 6.07) is 13.8. The lowest BCUT2D eigenvalue weighted by Gasteiger charge is -2.30. The first-order valence-electron chi connectivity index (χ1n) is 10.6. The van der Waals surface area contributed by atoms with Gasteiger partial charge in [0, 0.05) is 54.2 Å². The number of hydrogen-bond acceptors (Lipinski definition) is 5. The van der Waals surface area contributed by atoms with Gasteiger partial charge in [-0.2, -0.15) is 5.26 Å². The molecule has 1 saturated heterocycles. The number of nitrogens with zero attached hydrogens (tertiary/aromatic N) is 4. The number of carbonyl (C=O) groups is 1. The number of amides is 1. The zero-order valence-electron chi connectivity index (χ0n) is 17.5. The first-order chi connectivity index (χ1) is 15.6. The molecular weight excluding hydrogens is 400 g/mol. The first-order valence-corrected chi connectivity index (χ1v) is 10.6. The highest BCUT2D eigenvalue weighted by atomic mass is 16.2. The summed E-state index contributed by atoms with van der Waals surface area (Å²) >= 11 is 0. The van der Waals surface area contributed by atoms with Crippen LogP contribution in [0.4, 0.5) is 0 Å². The molecule has 0 atom stereocenters. The average Bonchev–Trinajstić information content (AvgIpc) is 3.27. The lowest BCUT2D eigenvalue weighted by atomic mass is 9.93. The molecule has 5 rings (SSSR count). The van der Waals surface area contributed by atoms with Crippen molar-refractivity contribution in [3.05, 3.63) is 72.4 Å². The zero-order valence-corrected chi connectivity index (χ0v) is 17.5. The highest BCUT2D eigenvalue weighted by Gasteiger charge is 2.24. The van der Waals surface area contributed by atoms with Crippen LogP contribution in [-0.4, -0.2) is 44.9 Å². The number of aromatic nitrogens is 3. The summed E-state index contributed by atoms with van der Waals surface area (Å²) < 4.78 is 0. The minimum atomic E-state index is 0.0183. The molecule has 7 nitrogen and oxygen atoms in total. The molecule has 0 radical (unpaired) electrons. The molecule has 0 aliphatic carbocycles. The molecule has 0 saturated carbocycles. The minimum Gasteiger partial charge on any atom is -0.360 e. The predicted molar refractivity (Wildman–Crippen MR) is 123 cm³/mol. The van der Waals surface area contributed by atoms with E-state index in [-0.39, 0.29) is 11.9 Å². The number of benzene rings is 2. The monoisotopic (exact) mass is 422 g/mol. The molecule has 1 aliphatic heterocycles. The standard InChI is InChI=1S/C25H22N6O/c26-11-16-1-3-17(4-2-16)20-9-22-23(25(32)31-7-5-19(27)6-8-31)14-30-24(22)10-21(20)18-12-28-15-29-13-18/h1-4,9-10,12-15,19,30H,5-8,27H2. The number of aromatic amines is 1. The molecule has 1 aliphatic rings. The second-order valence-corrected chi connectivity index (χ2v) is 8.09. The third-order valence-electron chi connectivity index (χ3n) is 6.07. The summed E-state index contributed by atoms with van der Waals surface area (Å²) in [6.45, 7) is 1.35. The van der Waals surface area contributed by atoms with Crippen LogP contribution in [0.25, 0.3) is 33.2 Å². The Morgan fingerprint density at radius 3 is 2.44 bits per heavy atom. The van der Waals surface area contributed by atoms with Crippen LogP contribution in [0.3, 0.4) is 0 Å². The van der Waals surface area contributed by atoms with Gasteiger partial charge in [0.2, 0.25) is 0 Å². The van der Waals surface area contributed by atoms with Gasteiger partial charge in [0.1, 0.15) is 6.33 Å². The third kappa shape index (κ3) is 3.61. The SMILES string of the molecule is N#Cc1ccc(-c2cc3c(C(=O)N4CCC(N)CC4)c[nH]c3cc2-c2cncnc2)cc1. The lowest BCUT2D eigenvalue weighted by molar-refractivity contribution is 0.0717. The van der Waals surface area contributed by atoms with Crippen LogP contribution < -0.4 is 5.73 Å². The van der Waals surface area contributed by atoms with Crippen LogP contribution >= 0.6 is 0 Å². The van der Waals surface area contributed by atoms with E-state index in [1.165, 1.54) is 6.33 Å². The van der Waals surface area contributed by atoms with Gasteiger partial charge in [0.05, 0.1) is 17.2 Å². The fourth-order valence-corrected chi connectivity index (χ4v) is 4.26. The quantitative estimate of drug-likeness (QED) is 0.522. The molecule has 1 amide bonds. The first kappa shape index (κ1) is 19.9. The number of likely N-dealkylation sites (tertiary alicyclic amines) is 1. The van der Waals surface area contributed by atoms with Crippen LogP contribution in [0.1, 0.15) is 28.8 Å². The van der Waals surface area contributed by atoms with Crippen LogP contribution in [0, 0.1) is 11.3 Å². The second-order valence-electron chi connectivity index (χ2n) is 8.09. The largest absolute Gasteiger partial charge is 0.360 e. The Labute approximate surface area is 185 Å². The van der Waals surface area contributed by atoms with Gasteiger partial charge >= 0.3 is 0 Å². The van der Waals surface area contributed by atoms with Crippen molar-refractivity contribution in [1.82, 2.24) is 19.9 Å². The summed E-state index contributed by atoms with van der Waals surface area (Å²) in [7, 11) is 0. The van der Waals surface area contributed by atoms with E-state index in [2.05, 4.69) is 21.0 Å². The number of nitrogens with two attached hydrogens (primary N) is 1. The molecule has 3 heterocycles. The number of nitriles is 1. The molecule has 32 heavy (non-hydrogen) atoms. The number of fused-ring (bicyclic) bond motifs is 1. The van der Waals surface area contributed by atoms with Gasteiger partial charge in [0.25, 0.3) is 5.91 Å². The number of hydrogen-bond donors (Lipinski definition) is 2. The fourth-order valence-electron chi connectivity index (χ4n) is 4.26. The van der Waals surface area contributed by atoms with Crippen molar-refractivity contribution < 1.29 is 4.79 Å².